The lowest BCUT2D eigenvalue weighted by atomic mass is 10.1. The maximum atomic E-state index is 11.6. The summed E-state index contributed by atoms with van der Waals surface area (Å²) < 4.78 is 5.86. The Morgan fingerprint density at radius 1 is 1.25 bits per heavy atom. The molecule has 0 bridgehead atoms. The van der Waals surface area contributed by atoms with Crippen molar-refractivity contribution in [1.29, 1.82) is 0 Å². The molecule has 0 spiro atoms. The summed E-state index contributed by atoms with van der Waals surface area (Å²) >= 11 is 6.27. The number of amides is 1. The fourth-order valence-electron chi connectivity index (χ4n) is 2.18. The van der Waals surface area contributed by atoms with Gasteiger partial charge < -0.3 is 15.0 Å². The summed E-state index contributed by atoms with van der Waals surface area (Å²) in [7, 11) is 0. The second kappa shape index (κ2) is 5.95. The molecule has 6 heteroatoms. The monoisotopic (exact) mass is 306 g/mol. The molecule has 1 amide bonds. The number of nitrogens with zero attached hydrogens (tertiary/aromatic N) is 1. The summed E-state index contributed by atoms with van der Waals surface area (Å²) in [6.45, 7) is 3.40. The van der Waals surface area contributed by atoms with Gasteiger partial charge in [-0.1, -0.05) is 36.1 Å². The topological polar surface area (TPSA) is 41.6 Å². The van der Waals surface area contributed by atoms with Gasteiger partial charge in [0.05, 0.1) is 18.1 Å². The zero-order valence-electron chi connectivity index (χ0n) is 10.8. The van der Waals surface area contributed by atoms with Gasteiger partial charge in [0.2, 0.25) is 0 Å². The van der Waals surface area contributed by atoms with Crippen LogP contribution >= 0.6 is 24.0 Å². The van der Waals surface area contributed by atoms with E-state index in [4.69, 9.17) is 17.0 Å². The van der Waals surface area contributed by atoms with E-state index < -0.39 is 0 Å². The van der Waals surface area contributed by atoms with Crippen LogP contribution in [0.25, 0.3) is 6.08 Å². The van der Waals surface area contributed by atoms with E-state index in [1.54, 1.807) is 0 Å². The van der Waals surface area contributed by atoms with Gasteiger partial charge in [-0.15, -0.1) is 0 Å². The molecule has 0 atom stereocenters. The summed E-state index contributed by atoms with van der Waals surface area (Å²) in [6.07, 6.45) is 1.86. The highest BCUT2D eigenvalue weighted by molar-refractivity contribution is 8.26. The minimum absolute atomic E-state index is 0.114. The first kappa shape index (κ1) is 13.6. The van der Waals surface area contributed by atoms with Crippen molar-refractivity contribution < 1.29 is 9.53 Å². The van der Waals surface area contributed by atoms with Gasteiger partial charge in [-0.25, -0.2) is 0 Å². The Bertz CT molecular complexity index is 563. The van der Waals surface area contributed by atoms with Crippen molar-refractivity contribution in [2.75, 3.05) is 31.2 Å². The Morgan fingerprint density at radius 2 is 1.95 bits per heavy atom. The molecule has 1 aromatic rings. The predicted molar refractivity (Wildman–Crippen MR) is 85.8 cm³/mol. The molecule has 3 rings (SSSR count). The quantitative estimate of drug-likeness (QED) is 0.669. The average molecular weight is 306 g/mol. The number of benzene rings is 1. The van der Waals surface area contributed by atoms with Crippen molar-refractivity contribution in [3.05, 3.63) is 34.7 Å². The Kier molecular flexibility index (Phi) is 4.05. The molecule has 2 fully saturated rings. The van der Waals surface area contributed by atoms with E-state index in [2.05, 4.69) is 22.3 Å². The molecule has 0 aliphatic carbocycles. The van der Waals surface area contributed by atoms with Crippen molar-refractivity contribution in [2.45, 2.75) is 0 Å². The zero-order valence-corrected chi connectivity index (χ0v) is 12.4. The Hall–Kier alpha value is -1.37. The van der Waals surface area contributed by atoms with Crippen molar-refractivity contribution in [3.8, 4) is 0 Å². The van der Waals surface area contributed by atoms with Crippen LogP contribution in [0.1, 0.15) is 5.56 Å². The lowest BCUT2D eigenvalue weighted by molar-refractivity contribution is -0.115. The number of anilines is 1. The maximum Gasteiger partial charge on any atom is 0.263 e. The van der Waals surface area contributed by atoms with Crippen LogP contribution in [-0.2, 0) is 9.53 Å². The van der Waals surface area contributed by atoms with Crippen LogP contribution in [0, 0.1) is 0 Å². The minimum atomic E-state index is -0.114. The van der Waals surface area contributed by atoms with E-state index in [9.17, 15) is 4.79 Å². The highest BCUT2D eigenvalue weighted by Gasteiger charge is 2.21. The van der Waals surface area contributed by atoms with E-state index in [1.165, 1.54) is 17.4 Å². The first-order valence-electron chi connectivity index (χ1n) is 6.40. The van der Waals surface area contributed by atoms with Crippen LogP contribution in [0.4, 0.5) is 5.69 Å². The second-order valence-corrected chi connectivity index (χ2v) is 6.26. The smallest absolute Gasteiger partial charge is 0.263 e. The van der Waals surface area contributed by atoms with Gasteiger partial charge in [0.15, 0.2) is 0 Å². The Labute approximate surface area is 127 Å². The molecule has 4 nitrogen and oxygen atoms in total. The number of morpholine rings is 1. The van der Waals surface area contributed by atoms with Crippen LogP contribution in [0.3, 0.4) is 0 Å². The van der Waals surface area contributed by atoms with Crippen molar-refractivity contribution in [3.63, 3.8) is 0 Å². The van der Waals surface area contributed by atoms with E-state index >= 15 is 0 Å². The van der Waals surface area contributed by atoms with Gasteiger partial charge >= 0.3 is 0 Å². The van der Waals surface area contributed by atoms with Gasteiger partial charge in [-0.3, -0.25) is 4.79 Å². The number of hydrogen-bond acceptors (Lipinski definition) is 5. The van der Waals surface area contributed by atoms with E-state index in [0.29, 0.717) is 9.23 Å². The molecule has 1 N–H and O–H groups in total. The fourth-order valence-corrected chi connectivity index (χ4v) is 3.22. The van der Waals surface area contributed by atoms with Crippen molar-refractivity contribution >= 4 is 46.0 Å². The molecule has 104 valence electrons. The van der Waals surface area contributed by atoms with Gasteiger partial charge in [-0.05, 0) is 23.8 Å². The lowest BCUT2D eigenvalue weighted by Gasteiger charge is -2.28. The molecular formula is C14H14N2O2S2. The van der Waals surface area contributed by atoms with E-state index in [0.717, 1.165) is 31.9 Å². The summed E-state index contributed by atoms with van der Waals surface area (Å²) in [5.41, 5.74) is 2.19. The summed E-state index contributed by atoms with van der Waals surface area (Å²) in [4.78, 5) is 14.5. The van der Waals surface area contributed by atoms with Crippen LogP contribution in [0.5, 0.6) is 0 Å². The third-order valence-electron chi connectivity index (χ3n) is 3.21. The lowest BCUT2D eigenvalue weighted by Crippen LogP contribution is -2.36. The largest absolute Gasteiger partial charge is 0.378 e. The number of ether oxygens (including phenoxy) is 1. The Morgan fingerprint density at radius 3 is 2.55 bits per heavy atom. The number of carbonyl (C=O) groups is 1. The SMILES string of the molecule is O=C1NC(=S)SC1=Cc1ccc(N2CCOCC2)cc1. The molecule has 0 aromatic heterocycles. The average Bonchev–Trinajstić information content (AvgIpc) is 2.79. The summed E-state index contributed by atoms with van der Waals surface area (Å²) in [5, 5.41) is 2.62. The first-order valence-corrected chi connectivity index (χ1v) is 7.62. The number of thiocarbonyl (C=S) groups is 1. The minimum Gasteiger partial charge on any atom is -0.378 e. The number of thioether (sulfide) groups is 1. The van der Waals surface area contributed by atoms with E-state index in [-0.39, 0.29) is 5.91 Å². The van der Waals surface area contributed by atoms with Crippen LogP contribution < -0.4 is 10.2 Å². The van der Waals surface area contributed by atoms with Gasteiger partial charge in [-0.2, -0.15) is 0 Å². The highest BCUT2D eigenvalue weighted by Crippen LogP contribution is 2.26. The number of hydrogen-bond donors (Lipinski definition) is 1. The van der Waals surface area contributed by atoms with Crippen molar-refractivity contribution in [1.82, 2.24) is 5.32 Å². The molecule has 2 aliphatic heterocycles. The molecule has 2 aliphatic rings. The van der Waals surface area contributed by atoms with Gasteiger partial charge in [0.1, 0.15) is 4.32 Å². The Balaban J connectivity index is 1.74. The standard InChI is InChI=1S/C14H14N2O2S2/c17-13-12(20-14(19)15-13)9-10-1-3-11(4-2-10)16-5-7-18-8-6-16/h1-4,9H,5-8H2,(H,15,17,19). The molecule has 2 saturated heterocycles. The van der Waals surface area contributed by atoms with Crippen molar-refractivity contribution in [2.24, 2.45) is 0 Å². The normalized spacial score (nSPS) is 21.4. The molecular weight excluding hydrogens is 292 g/mol. The first-order chi connectivity index (χ1) is 9.72. The summed E-state index contributed by atoms with van der Waals surface area (Å²) in [6, 6.07) is 8.20. The van der Waals surface area contributed by atoms with Gasteiger partial charge in [0, 0.05) is 18.8 Å². The highest BCUT2D eigenvalue weighted by atomic mass is 32.2. The molecule has 2 heterocycles. The molecule has 1 aromatic carbocycles. The fraction of sp³-hybridized carbons (Fsp3) is 0.286. The number of nitrogens with one attached hydrogen (secondary N) is 1. The molecule has 0 unspecified atom stereocenters. The van der Waals surface area contributed by atoms with Gasteiger partial charge in [0.25, 0.3) is 5.91 Å². The van der Waals surface area contributed by atoms with Crippen LogP contribution in [-0.4, -0.2) is 36.5 Å². The number of rotatable bonds is 2. The molecule has 20 heavy (non-hydrogen) atoms. The predicted octanol–water partition coefficient (Wildman–Crippen LogP) is 2.01. The molecule has 0 radical (unpaired) electrons. The second-order valence-electron chi connectivity index (χ2n) is 4.54. The summed E-state index contributed by atoms with van der Waals surface area (Å²) in [5.74, 6) is -0.114. The maximum absolute atomic E-state index is 11.6. The zero-order chi connectivity index (χ0) is 13.9. The van der Waals surface area contributed by atoms with Crippen LogP contribution in [0.15, 0.2) is 29.2 Å². The molecule has 0 saturated carbocycles. The third-order valence-corrected chi connectivity index (χ3v) is 4.37. The number of carbonyl (C=O) groups excluding carboxylic acids is 1. The van der Waals surface area contributed by atoms with E-state index in [1.807, 2.05) is 18.2 Å². The third kappa shape index (κ3) is 3.03. The van der Waals surface area contributed by atoms with Crippen LogP contribution in [0.2, 0.25) is 0 Å².